The average molecular weight is 448 g/mol. The summed E-state index contributed by atoms with van der Waals surface area (Å²) in [5.74, 6) is 1.43. The monoisotopic (exact) mass is 447 g/mol. The van der Waals surface area contributed by atoms with E-state index >= 15 is 0 Å². The van der Waals surface area contributed by atoms with E-state index in [9.17, 15) is 9.59 Å². The van der Waals surface area contributed by atoms with E-state index < -0.39 is 0 Å². The number of rotatable bonds is 8. The zero-order chi connectivity index (χ0) is 23.4. The molecule has 0 aliphatic carbocycles. The Morgan fingerprint density at radius 1 is 0.848 bits per heavy atom. The molecule has 0 amide bonds. The zero-order valence-corrected chi connectivity index (χ0v) is 19.3. The van der Waals surface area contributed by atoms with Gasteiger partial charge in [-0.2, -0.15) is 0 Å². The van der Waals surface area contributed by atoms with Gasteiger partial charge in [-0.3, -0.25) is 14.5 Å². The fourth-order valence-electron chi connectivity index (χ4n) is 4.46. The highest BCUT2D eigenvalue weighted by molar-refractivity contribution is 6.03. The fraction of sp³-hybridized carbons (Fsp3) is 0.333. The molecule has 0 spiro atoms. The van der Waals surface area contributed by atoms with Gasteiger partial charge in [0.15, 0.2) is 11.6 Å². The third-order valence-electron chi connectivity index (χ3n) is 6.36. The molecular weight excluding hydrogens is 418 g/mol. The molecule has 1 aliphatic heterocycles. The summed E-state index contributed by atoms with van der Waals surface area (Å²) in [5, 5.41) is 2.19. The second-order valence-corrected chi connectivity index (χ2v) is 8.31. The van der Waals surface area contributed by atoms with Crippen molar-refractivity contribution >= 4 is 22.3 Å². The molecule has 0 radical (unpaired) electrons. The van der Waals surface area contributed by atoms with Crippen LogP contribution in [0.2, 0.25) is 0 Å². The largest absolute Gasteiger partial charge is 0.496 e. The predicted octanol–water partition coefficient (Wildman–Crippen LogP) is 4.64. The first kappa shape index (κ1) is 22.8. The third kappa shape index (κ3) is 4.86. The van der Waals surface area contributed by atoms with Gasteiger partial charge in [-0.1, -0.05) is 36.4 Å². The van der Waals surface area contributed by atoms with Gasteiger partial charge in [0.25, 0.3) is 0 Å². The van der Waals surface area contributed by atoms with E-state index in [1.165, 1.54) is 14.2 Å². The van der Waals surface area contributed by atoms with Crippen molar-refractivity contribution in [1.29, 1.82) is 0 Å². The quantitative estimate of drug-likeness (QED) is 0.469. The molecule has 4 rings (SSSR count). The van der Waals surface area contributed by atoms with Gasteiger partial charge in [-0.25, -0.2) is 0 Å². The van der Waals surface area contributed by atoms with Crippen LogP contribution in [0.3, 0.4) is 0 Å². The predicted molar refractivity (Wildman–Crippen MR) is 128 cm³/mol. The maximum absolute atomic E-state index is 13.3. The van der Waals surface area contributed by atoms with Crippen molar-refractivity contribution in [1.82, 2.24) is 4.90 Å². The summed E-state index contributed by atoms with van der Waals surface area (Å²) in [6, 6.07) is 17.3. The maximum Gasteiger partial charge on any atom is 0.176 e. The molecule has 1 saturated heterocycles. The smallest absolute Gasteiger partial charge is 0.176 e. The molecule has 3 aromatic rings. The first-order valence-corrected chi connectivity index (χ1v) is 11.1. The van der Waals surface area contributed by atoms with Crippen LogP contribution in [-0.4, -0.2) is 57.4 Å². The Labute approximate surface area is 194 Å². The molecular formula is C27H29NO5. The van der Waals surface area contributed by atoms with Crippen molar-refractivity contribution in [2.45, 2.75) is 12.8 Å². The van der Waals surface area contributed by atoms with Crippen molar-refractivity contribution < 1.29 is 23.8 Å². The SMILES string of the molecule is COc1cc(OC)c(C(=O)C2CCN(CC(=O)c3ccc4ccccc4c3)CC2)c(OC)c1. The highest BCUT2D eigenvalue weighted by Crippen LogP contribution is 2.37. The van der Waals surface area contributed by atoms with Crippen LogP contribution in [0.25, 0.3) is 10.8 Å². The van der Waals surface area contributed by atoms with Crippen molar-refractivity contribution in [3.05, 3.63) is 65.7 Å². The Morgan fingerprint density at radius 2 is 1.48 bits per heavy atom. The third-order valence-corrected chi connectivity index (χ3v) is 6.36. The topological polar surface area (TPSA) is 65.1 Å². The number of fused-ring (bicyclic) bond motifs is 1. The standard InChI is InChI=1S/C27H29NO5/c1-31-22-15-24(32-2)26(25(16-22)33-3)27(30)19-10-12-28(13-11-19)17-23(29)21-9-8-18-6-4-5-7-20(18)14-21/h4-9,14-16,19H,10-13,17H2,1-3H3. The van der Waals surface area contributed by atoms with Crippen LogP contribution in [0.5, 0.6) is 17.2 Å². The molecule has 0 atom stereocenters. The van der Waals surface area contributed by atoms with E-state index in [1.54, 1.807) is 19.2 Å². The molecule has 0 aromatic heterocycles. The second kappa shape index (κ2) is 10.0. The van der Waals surface area contributed by atoms with E-state index in [0.717, 1.165) is 16.3 Å². The average Bonchev–Trinajstić information content (AvgIpc) is 2.87. The van der Waals surface area contributed by atoms with Crippen LogP contribution < -0.4 is 14.2 Å². The first-order valence-electron chi connectivity index (χ1n) is 11.1. The number of piperidine rings is 1. The van der Waals surface area contributed by atoms with Crippen LogP contribution in [0.4, 0.5) is 0 Å². The number of ketones is 2. The van der Waals surface area contributed by atoms with E-state index in [1.807, 2.05) is 42.5 Å². The minimum Gasteiger partial charge on any atom is -0.496 e. The molecule has 1 fully saturated rings. The molecule has 0 N–H and O–H groups in total. The highest BCUT2D eigenvalue weighted by atomic mass is 16.5. The van der Waals surface area contributed by atoms with Crippen molar-refractivity contribution in [2.24, 2.45) is 5.92 Å². The lowest BCUT2D eigenvalue weighted by Crippen LogP contribution is -2.39. The summed E-state index contributed by atoms with van der Waals surface area (Å²) in [6.45, 7) is 1.74. The lowest BCUT2D eigenvalue weighted by atomic mass is 9.87. The van der Waals surface area contributed by atoms with Crippen molar-refractivity contribution in [2.75, 3.05) is 41.0 Å². The Kier molecular flexibility index (Phi) is 6.94. The van der Waals surface area contributed by atoms with Crippen molar-refractivity contribution in [3.63, 3.8) is 0 Å². The number of methoxy groups -OCH3 is 3. The molecule has 6 heteroatoms. The van der Waals surface area contributed by atoms with Crippen LogP contribution in [0, 0.1) is 5.92 Å². The Bertz CT molecular complexity index is 1140. The number of hydrogen-bond donors (Lipinski definition) is 0. The number of ether oxygens (including phenoxy) is 3. The van der Waals surface area contributed by atoms with Gasteiger partial charge < -0.3 is 14.2 Å². The molecule has 6 nitrogen and oxygen atoms in total. The van der Waals surface area contributed by atoms with Gasteiger partial charge in [0, 0.05) is 23.6 Å². The van der Waals surface area contributed by atoms with Gasteiger partial charge in [-0.15, -0.1) is 0 Å². The van der Waals surface area contributed by atoms with Gasteiger partial charge in [0.1, 0.15) is 22.8 Å². The van der Waals surface area contributed by atoms with Crippen LogP contribution in [0.15, 0.2) is 54.6 Å². The molecule has 172 valence electrons. The van der Waals surface area contributed by atoms with Gasteiger partial charge >= 0.3 is 0 Å². The summed E-state index contributed by atoms with van der Waals surface area (Å²) >= 11 is 0. The summed E-state index contributed by atoms with van der Waals surface area (Å²) in [7, 11) is 4.63. The lowest BCUT2D eigenvalue weighted by molar-refractivity contribution is 0.0801. The fourth-order valence-corrected chi connectivity index (χ4v) is 4.46. The van der Waals surface area contributed by atoms with E-state index in [2.05, 4.69) is 4.90 Å². The minimum atomic E-state index is -0.145. The normalized spacial score (nSPS) is 14.8. The number of carbonyl (C=O) groups excluding carboxylic acids is 2. The highest BCUT2D eigenvalue weighted by Gasteiger charge is 2.31. The molecule has 1 heterocycles. The number of likely N-dealkylation sites (tertiary alicyclic amines) is 1. The first-order chi connectivity index (χ1) is 16.0. The molecule has 0 bridgehead atoms. The van der Waals surface area contributed by atoms with Crippen LogP contribution in [0.1, 0.15) is 33.6 Å². The van der Waals surface area contributed by atoms with Gasteiger partial charge in [0.05, 0.1) is 27.9 Å². The molecule has 1 aliphatic rings. The Balaban J connectivity index is 1.41. The number of hydrogen-bond acceptors (Lipinski definition) is 6. The van der Waals surface area contributed by atoms with Crippen LogP contribution in [-0.2, 0) is 0 Å². The summed E-state index contributed by atoms with van der Waals surface area (Å²) in [6.07, 6.45) is 1.37. The number of benzene rings is 3. The molecule has 0 unspecified atom stereocenters. The molecule has 3 aromatic carbocycles. The molecule has 33 heavy (non-hydrogen) atoms. The molecule has 0 saturated carbocycles. The maximum atomic E-state index is 13.3. The summed E-state index contributed by atoms with van der Waals surface area (Å²) in [4.78, 5) is 28.3. The van der Waals surface area contributed by atoms with E-state index in [-0.39, 0.29) is 17.5 Å². The lowest BCUT2D eigenvalue weighted by Gasteiger charge is -2.31. The zero-order valence-electron chi connectivity index (χ0n) is 19.3. The second-order valence-electron chi connectivity index (χ2n) is 8.31. The number of nitrogens with zero attached hydrogens (tertiary/aromatic N) is 1. The number of Topliss-reactive ketones (excluding diaryl/α,β-unsaturated/α-hetero) is 2. The van der Waals surface area contributed by atoms with Crippen molar-refractivity contribution in [3.8, 4) is 17.2 Å². The Morgan fingerprint density at radius 3 is 2.09 bits per heavy atom. The summed E-state index contributed by atoms with van der Waals surface area (Å²) < 4.78 is 16.2. The Hall–Kier alpha value is -3.38. The van der Waals surface area contributed by atoms with Crippen LogP contribution >= 0.6 is 0 Å². The van der Waals surface area contributed by atoms with E-state index in [0.29, 0.717) is 55.3 Å². The summed E-state index contributed by atoms with van der Waals surface area (Å²) in [5.41, 5.74) is 1.17. The van der Waals surface area contributed by atoms with Gasteiger partial charge in [-0.05, 0) is 42.8 Å². The van der Waals surface area contributed by atoms with E-state index in [4.69, 9.17) is 14.2 Å². The van der Waals surface area contributed by atoms with Gasteiger partial charge in [0.2, 0.25) is 0 Å². The minimum absolute atomic E-state index is 0.00635. The number of carbonyl (C=O) groups is 2.